The standard InChI is InChI=1S/C24H22ClN5O3/c1-3-4-5-16-6-8-17(9-7-16)29-27-22-12-15(2)21(14-23(22)28-29)26-24(31)19-11-10-18(30(32)33)13-20(19)25/h6-14H,3-5H2,1-2H3,(H,26,31). The van der Waals surface area contributed by atoms with Crippen LogP contribution in [0.2, 0.25) is 5.02 Å². The van der Waals surface area contributed by atoms with Gasteiger partial charge >= 0.3 is 0 Å². The van der Waals surface area contributed by atoms with Crippen LogP contribution >= 0.6 is 11.6 Å². The zero-order valence-corrected chi connectivity index (χ0v) is 19.0. The lowest BCUT2D eigenvalue weighted by atomic mass is 10.1. The van der Waals surface area contributed by atoms with Gasteiger partial charge in [0.25, 0.3) is 11.6 Å². The SMILES string of the molecule is CCCCc1ccc(-n2nc3cc(C)c(NC(=O)c4ccc([N+](=O)[O-])cc4Cl)cc3n2)cc1. The number of hydrogen-bond acceptors (Lipinski definition) is 5. The van der Waals surface area contributed by atoms with E-state index in [1.54, 1.807) is 10.9 Å². The van der Waals surface area contributed by atoms with Crippen LogP contribution in [-0.4, -0.2) is 25.8 Å². The van der Waals surface area contributed by atoms with Crippen LogP contribution in [0.3, 0.4) is 0 Å². The van der Waals surface area contributed by atoms with Crippen LogP contribution in [0.5, 0.6) is 0 Å². The first-order chi connectivity index (χ1) is 15.9. The van der Waals surface area contributed by atoms with Gasteiger partial charge in [0.2, 0.25) is 0 Å². The highest BCUT2D eigenvalue weighted by atomic mass is 35.5. The number of amides is 1. The lowest BCUT2D eigenvalue weighted by Crippen LogP contribution is -2.13. The quantitative estimate of drug-likeness (QED) is 0.272. The number of aromatic nitrogens is 3. The van der Waals surface area contributed by atoms with Gasteiger partial charge in [-0.05, 0) is 61.2 Å². The summed E-state index contributed by atoms with van der Waals surface area (Å²) in [5, 5.41) is 22.8. The van der Waals surface area contributed by atoms with Crippen LogP contribution in [0.15, 0.2) is 54.6 Å². The monoisotopic (exact) mass is 463 g/mol. The first-order valence-electron chi connectivity index (χ1n) is 10.6. The van der Waals surface area contributed by atoms with Crippen LogP contribution in [0.4, 0.5) is 11.4 Å². The first kappa shape index (κ1) is 22.4. The van der Waals surface area contributed by atoms with Gasteiger partial charge in [0, 0.05) is 17.8 Å². The minimum atomic E-state index is -0.562. The van der Waals surface area contributed by atoms with Crippen LogP contribution in [-0.2, 0) is 6.42 Å². The Labute approximate surface area is 195 Å². The van der Waals surface area contributed by atoms with Gasteiger partial charge in [0.15, 0.2) is 0 Å². The number of carbonyl (C=O) groups is 1. The highest BCUT2D eigenvalue weighted by molar-refractivity contribution is 6.34. The number of non-ortho nitro benzene ring substituents is 1. The maximum atomic E-state index is 12.7. The second-order valence-corrected chi connectivity index (χ2v) is 8.20. The predicted octanol–water partition coefficient (Wildman–Crippen LogP) is 5.89. The number of nitro groups is 1. The second kappa shape index (κ2) is 9.38. The third-order valence-electron chi connectivity index (χ3n) is 5.37. The van der Waals surface area contributed by atoms with Crippen molar-refractivity contribution in [1.82, 2.24) is 15.0 Å². The van der Waals surface area contributed by atoms with E-state index in [4.69, 9.17) is 11.6 Å². The van der Waals surface area contributed by atoms with Gasteiger partial charge in [-0.1, -0.05) is 37.1 Å². The number of nitrogens with one attached hydrogen (secondary N) is 1. The smallest absolute Gasteiger partial charge is 0.270 e. The molecule has 33 heavy (non-hydrogen) atoms. The molecule has 1 heterocycles. The molecule has 3 aromatic carbocycles. The fourth-order valence-electron chi connectivity index (χ4n) is 3.49. The molecule has 0 saturated carbocycles. The van der Waals surface area contributed by atoms with Crippen LogP contribution in [0, 0.1) is 17.0 Å². The average Bonchev–Trinajstić information content (AvgIpc) is 3.20. The fraction of sp³-hybridized carbons (Fsp3) is 0.208. The number of rotatable bonds is 7. The molecular formula is C24H22ClN5O3. The van der Waals surface area contributed by atoms with Crippen molar-refractivity contribution in [2.24, 2.45) is 0 Å². The average molecular weight is 464 g/mol. The number of halogens is 1. The van der Waals surface area contributed by atoms with E-state index in [0.717, 1.165) is 36.6 Å². The van der Waals surface area contributed by atoms with Gasteiger partial charge in [0.05, 0.1) is 21.2 Å². The largest absolute Gasteiger partial charge is 0.322 e. The molecule has 1 amide bonds. The van der Waals surface area contributed by atoms with Gasteiger partial charge < -0.3 is 5.32 Å². The van der Waals surface area contributed by atoms with E-state index in [1.165, 1.54) is 17.7 Å². The van der Waals surface area contributed by atoms with Crippen LogP contribution in [0.25, 0.3) is 16.7 Å². The van der Waals surface area contributed by atoms with Gasteiger partial charge in [-0.2, -0.15) is 4.80 Å². The zero-order chi connectivity index (χ0) is 23.5. The summed E-state index contributed by atoms with van der Waals surface area (Å²) >= 11 is 6.09. The number of carbonyl (C=O) groups excluding carboxylic acids is 1. The molecule has 0 unspecified atom stereocenters. The number of unbranched alkanes of at least 4 members (excludes halogenated alkanes) is 1. The van der Waals surface area contributed by atoms with E-state index in [0.29, 0.717) is 16.7 Å². The molecule has 0 aliphatic rings. The molecule has 4 aromatic rings. The van der Waals surface area contributed by atoms with Crippen molar-refractivity contribution in [3.05, 3.63) is 86.4 Å². The van der Waals surface area contributed by atoms with E-state index in [-0.39, 0.29) is 16.3 Å². The Kier molecular flexibility index (Phi) is 6.37. The molecule has 0 saturated heterocycles. The molecule has 0 bridgehead atoms. The normalized spacial score (nSPS) is 11.0. The van der Waals surface area contributed by atoms with Gasteiger partial charge in [0.1, 0.15) is 11.0 Å². The summed E-state index contributed by atoms with van der Waals surface area (Å²) < 4.78 is 0. The van der Waals surface area contributed by atoms with E-state index >= 15 is 0 Å². The fourth-order valence-corrected chi connectivity index (χ4v) is 3.75. The molecule has 168 valence electrons. The van der Waals surface area contributed by atoms with E-state index < -0.39 is 10.8 Å². The van der Waals surface area contributed by atoms with Gasteiger partial charge in [-0.3, -0.25) is 14.9 Å². The zero-order valence-electron chi connectivity index (χ0n) is 18.2. The summed E-state index contributed by atoms with van der Waals surface area (Å²) in [4.78, 5) is 24.6. The Balaban J connectivity index is 1.58. The number of nitrogens with zero attached hydrogens (tertiary/aromatic N) is 4. The molecule has 0 radical (unpaired) electrons. The molecule has 4 rings (SSSR count). The molecule has 0 aliphatic carbocycles. The molecule has 0 fully saturated rings. The Morgan fingerprint density at radius 2 is 1.79 bits per heavy atom. The lowest BCUT2D eigenvalue weighted by Gasteiger charge is -2.09. The topological polar surface area (TPSA) is 103 Å². The number of hydrogen-bond donors (Lipinski definition) is 1. The lowest BCUT2D eigenvalue weighted by molar-refractivity contribution is -0.384. The molecule has 0 atom stereocenters. The van der Waals surface area contributed by atoms with Crippen molar-refractivity contribution in [2.45, 2.75) is 33.1 Å². The Bertz CT molecular complexity index is 1350. The third-order valence-corrected chi connectivity index (χ3v) is 5.68. The van der Waals surface area contributed by atoms with E-state index in [9.17, 15) is 14.9 Å². The second-order valence-electron chi connectivity index (χ2n) is 7.79. The molecule has 0 aliphatic heterocycles. The van der Waals surface area contributed by atoms with Crippen molar-refractivity contribution in [3.8, 4) is 5.69 Å². The summed E-state index contributed by atoms with van der Waals surface area (Å²) in [7, 11) is 0. The Morgan fingerprint density at radius 1 is 1.09 bits per heavy atom. The summed E-state index contributed by atoms with van der Waals surface area (Å²) in [6, 6.07) is 15.5. The third kappa shape index (κ3) is 4.85. The summed E-state index contributed by atoms with van der Waals surface area (Å²) in [6.07, 6.45) is 3.36. The number of benzene rings is 3. The minimum absolute atomic E-state index is 0.00811. The first-order valence-corrected chi connectivity index (χ1v) is 11.0. The van der Waals surface area contributed by atoms with Gasteiger partial charge in [-0.15, -0.1) is 10.2 Å². The van der Waals surface area contributed by atoms with E-state index in [1.807, 2.05) is 25.1 Å². The maximum Gasteiger partial charge on any atom is 0.270 e. The number of aryl methyl sites for hydroxylation is 2. The van der Waals surface area contributed by atoms with Crippen molar-refractivity contribution >= 4 is 39.9 Å². The number of anilines is 1. The Morgan fingerprint density at radius 3 is 2.42 bits per heavy atom. The predicted molar refractivity (Wildman–Crippen MR) is 128 cm³/mol. The van der Waals surface area contributed by atoms with Crippen LogP contribution < -0.4 is 5.32 Å². The molecule has 8 nitrogen and oxygen atoms in total. The van der Waals surface area contributed by atoms with Crippen molar-refractivity contribution in [1.29, 1.82) is 0 Å². The van der Waals surface area contributed by atoms with Crippen LogP contribution in [0.1, 0.15) is 41.3 Å². The molecule has 1 N–H and O–H groups in total. The van der Waals surface area contributed by atoms with E-state index in [2.05, 4.69) is 34.6 Å². The summed E-state index contributed by atoms with van der Waals surface area (Å²) in [5.74, 6) is -0.465. The van der Waals surface area contributed by atoms with Crippen molar-refractivity contribution in [3.63, 3.8) is 0 Å². The molecular weight excluding hydrogens is 442 g/mol. The Hall–Kier alpha value is -3.78. The molecule has 1 aromatic heterocycles. The highest BCUT2D eigenvalue weighted by Gasteiger charge is 2.17. The number of fused-ring (bicyclic) bond motifs is 1. The highest BCUT2D eigenvalue weighted by Crippen LogP contribution is 2.26. The summed E-state index contributed by atoms with van der Waals surface area (Å²) in [5.41, 5.74) is 4.79. The minimum Gasteiger partial charge on any atom is -0.322 e. The van der Waals surface area contributed by atoms with Crippen molar-refractivity contribution in [2.75, 3.05) is 5.32 Å². The summed E-state index contributed by atoms with van der Waals surface area (Å²) in [6.45, 7) is 4.03. The van der Waals surface area contributed by atoms with Crippen molar-refractivity contribution < 1.29 is 9.72 Å². The number of nitro benzene ring substituents is 1. The molecule has 0 spiro atoms. The maximum absolute atomic E-state index is 12.7. The molecule has 9 heteroatoms. The van der Waals surface area contributed by atoms with Gasteiger partial charge in [-0.25, -0.2) is 0 Å².